The number of ether oxygens (including phenoxy) is 2. The summed E-state index contributed by atoms with van der Waals surface area (Å²) in [6, 6.07) is 19.3. The number of benzene rings is 3. The van der Waals surface area contributed by atoms with Gasteiger partial charge < -0.3 is 9.47 Å². The topological polar surface area (TPSA) is 70.7 Å². The first-order chi connectivity index (χ1) is 16.6. The standard InChI is InChI=1S/C25H21FN4O3S/c1-32-21-10-6-3-7-16(21)14-29-23(31)19-8-4-5-9-20(19)30-24(29)27-28-25(30)34-15-17-13-18(26)11-12-22(17)33-2/h3-13H,14-15H2,1-2H3. The molecule has 0 N–H and O–H groups in total. The van der Waals surface area contributed by atoms with Gasteiger partial charge in [-0.25, -0.2) is 4.39 Å². The quantitative estimate of drug-likeness (QED) is 0.321. The molecule has 0 saturated heterocycles. The van der Waals surface area contributed by atoms with Gasteiger partial charge in [0.25, 0.3) is 5.56 Å². The van der Waals surface area contributed by atoms with Crippen LogP contribution >= 0.6 is 11.8 Å². The van der Waals surface area contributed by atoms with Crippen molar-refractivity contribution in [3.8, 4) is 11.5 Å². The van der Waals surface area contributed by atoms with Crippen LogP contribution in [-0.4, -0.2) is 33.4 Å². The summed E-state index contributed by atoms with van der Waals surface area (Å²) in [6.45, 7) is 0.275. The summed E-state index contributed by atoms with van der Waals surface area (Å²) in [4.78, 5) is 13.4. The van der Waals surface area contributed by atoms with E-state index in [1.165, 1.54) is 23.9 Å². The van der Waals surface area contributed by atoms with Crippen molar-refractivity contribution in [2.24, 2.45) is 0 Å². The van der Waals surface area contributed by atoms with Crippen molar-refractivity contribution in [1.29, 1.82) is 0 Å². The van der Waals surface area contributed by atoms with Crippen molar-refractivity contribution in [3.63, 3.8) is 0 Å². The summed E-state index contributed by atoms with van der Waals surface area (Å²) >= 11 is 1.39. The van der Waals surface area contributed by atoms with Crippen molar-refractivity contribution >= 4 is 28.4 Å². The molecule has 3 aromatic carbocycles. The first kappa shape index (κ1) is 22.0. The number of fused-ring (bicyclic) bond motifs is 3. The fourth-order valence-corrected chi connectivity index (χ4v) is 4.89. The first-order valence-corrected chi connectivity index (χ1v) is 11.5. The van der Waals surface area contributed by atoms with Gasteiger partial charge in [-0.05, 0) is 36.4 Å². The number of thioether (sulfide) groups is 1. The largest absolute Gasteiger partial charge is 0.496 e. The third kappa shape index (κ3) is 3.88. The van der Waals surface area contributed by atoms with Crippen LogP contribution in [0.25, 0.3) is 16.7 Å². The molecule has 2 aromatic heterocycles. The number of rotatable bonds is 7. The second kappa shape index (κ2) is 9.18. The van der Waals surface area contributed by atoms with E-state index in [1.54, 1.807) is 30.9 Å². The third-order valence-corrected chi connectivity index (χ3v) is 6.58. The fourth-order valence-electron chi connectivity index (χ4n) is 3.98. The lowest BCUT2D eigenvalue weighted by Crippen LogP contribution is -2.24. The van der Waals surface area contributed by atoms with E-state index in [4.69, 9.17) is 9.47 Å². The lowest BCUT2D eigenvalue weighted by molar-refractivity contribution is 0.408. The minimum absolute atomic E-state index is 0.162. The Labute approximate surface area is 198 Å². The molecule has 0 atom stereocenters. The van der Waals surface area contributed by atoms with Crippen molar-refractivity contribution in [3.05, 3.63) is 94.0 Å². The van der Waals surface area contributed by atoms with Gasteiger partial charge in [0.1, 0.15) is 17.3 Å². The number of hydrogen-bond acceptors (Lipinski definition) is 6. The summed E-state index contributed by atoms with van der Waals surface area (Å²) < 4.78 is 28.1. The molecular weight excluding hydrogens is 455 g/mol. The number of aromatic nitrogens is 4. The van der Waals surface area contributed by atoms with E-state index in [2.05, 4.69) is 10.2 Å². The van der Waals surface area contributed by atoms with E-state index in [0.29, 0.717) is 44.7 Å². The average molecular weight is 477 g/mol. The minimum Gasteiger partial charge on any atom is -0.496 e. The monoisotopic (exact) mass is 476 g/mol. The molecule has 0 bridgehead atoms. The molecule has 0 radical (unpaired) electrons. The third-order valence-electron chi connectivity index (χ3n) is 5.60. The van der Waals surface area contributed by atoms with Gasteiger partial charge in [0, 0.05) is 16.9 Å². The van der Waals surface area contributed by atoms with Gasteiger partial charge in [-0.15, -0.1) is 10.2 Å². The van der Waals surface area contributed by atoms with Crippen LogP contribution in [-0.2, 0) is 12.3 Å². The average Bonchev–Trinajstić information content (AvgIpc) is 3.29. The number of hydrogen-bond donors (Lipinski definition) is 0. The van der Waals surface area contributed by atoms with Gasteiger partial charge in [-0.1, -0.05) is 42.1 Å². The van der Waals surface area contributed by atoms with Gasteiger partial charge in [-0.2, -0.15) is 0 Å². The van der Waals surface area contributed by atoms with Crippen LogP contribution in [0.4, 0.5) is 4.39 Å². The predicted octanol–water partition coefficient (Wildman–Crippen LogP) is 4.54. The van der Waals surface area contributed by atoms with Crippen molar-refractivity contribution < 1.29 is 13.9 Å². The summed E-state index contributed by atoms with van der Waals surface area (Å²) in [6.07, 6.45) is 0. The molecule has 0 amide bonds. The summed E-state index contributed by atoms with van der Waals surface area (Å²) in [5.74, 6) is 1.79. The molecule has 0 spiro atoms. The maximum absolute atomic E-state index is 13.8. The predicted molar refractivity (Wildman–Crippen MR) is 129 cm³/mol. The molecule has 172 valence electrons. The Kier molecular flexibility index (Phi) is 5.93. The molecule has 0 fully saturated rings. The Morgan fingerprint density at radius 3 is 2.47 bits per heavy atom. The van der Waals surface area contributed by atoms with Crippen LogP contribution in [0.2, 0.25) is 0 Å². The van der Waals surface area contributed by atoms with E-state index < -0.39 is 0 Å². The van der Waals surface area contributed by atoms with Crippen LogP contribution in [0.1, 0.15) is 11.1 Å². The Morgan fingerprint density at radius 2 is 1.65 bits per heavy atom. The Bertz CT molecular complexity index is 1560. The number of methoxy groups -OCH3 is 2. The lowest BCUT2D eigenvalue weighted by Gasteiger charge is -2.13. The smallest absolute Gasteiger partial charge is 0.263 e. The van der Waals surface area contributed by atoms with E-state index in [9.17, 15) is 9.18 Å². The van der Waals surface area contributed by atoms with E-state index in [0.717, 1.165) is 5.56 Å². The molecule has 7 nitrogen and oxygen atoms in total. The van der Waals surface area contributed by atoms with Crippen LogP contribution in [0.3, 0.4) is 0 Å². The Morgan fingerprint density at radius 1 is 0.912 bits per heavy atom. The van der Waals surface area contributed by atoms with Crippen LogP contribution in [0, 0.1) is 5.82 Å². The summed E-state index contributed by atoms with van der Waals surface area (Å²) in [7, 11) is 3.15. The number of halogens is 1. The molecule has 2 heterocycles. The maximum Gasteiger partial charge on any atom is 0.263 e. The second-order valence-corrected chi connectivity index (χ2v) is 8.53. The molecule has 0 aliphatic heterocycles. The highest BCUT2D eigenvalue weighted by Crippen LogP contribution is 2.29. The highest BCUT2D eigenvalue weighted by atomic mass is 32.2. The Balaban J connectivity index is 1.63. The molecular formula is C25H21FN4O3S. The first-order valence-electron chi connectivity index (χ1n) is 10.5. The Hall–Kier alpha value is -3.85. The van der Waals surface area contributed by atoms with E-state index in [1.807, 2.05) is 46.9 Å². The fraction of sp³-hybridized carbons (Fsp3) is 0.160. The number of nitrogens with zero attached hydrogens (tertiary/aromatic N) is 4. The molecule has 0 saturated carbocycles. The molecule has 0 aliphatic carbocycles. The molecule has 9 heteroatoms. The van der Waals surface area contributed by atoms with Gasteiger partial charge >= 0.3 is 0 Å². The molecule has 5 rings (SSSR count). The summed E-state index contributed by atoms with van der Waals surface area (Å²) in [5, 5.41) is 9.88. The highest BCUT2D eigenvalue weighted by Gasteiger charge is 2.18. The molecule has 34 heavy (non-hydrogen) atoms. The second-order valence-electron chi connectivity index (χ2n) is 7.58. The molecule has 0 aliphatic rings. The van der Waals surface area contributed by atoms with E-state index in [-0.39, 0.29) is 17.9 Å². The van der Waals surface area contributed by atoms with Crippen molar-refractivity contribution in [1.82, 2.24) is 19.2 Å². The SMILES string of the molecule is COc1ccc(F)cc1CSc1nnc2n(Cc3ccccc3OC)c(=O)c3ccccc3n12. The van der Waals surface area contributed by atoms with Gasteiger partial charge in [0.15, 0.2) is 5.16 Å². The van der Waals surface area contributed by atoms with Gasteiger partial charge in [0.2, 0.25) is 5.78 Å². The van der Waals surface area contributed by atoms with E-state index >= 15 is 0 Å². The zero-order chi connectivity index (χ0) is 23.7. The molecule has 0 unspecified atom stereocenters. The zero-order valence-electron chi connectivity index (χ0n) is 18.6. The number of para-hydroxylation sites is 2. The highest BCUT2D eigenvalue weighted by molar-refractivity contribution is 7.98. The van der Waals surface area contributed by atoms with Crippen LogP contribution in [0.5, 0.6) is 11.5 Å². The summed E-state index contributed by atoms with van der Waals surface area (Å²) in [5.41, 5.74) is 2.10. The van der Waals surface area contributed by atoms with Crippen LogP contribution < -0.4 is 15.0 Å². The molecule has 5 aromatic rings. The lowest BCUT2D eigenvalue weighted by atomic mass is 10.2. The van der Waals surface area contributed by atoms with Crippen molar-refractivity contribution in [2.75, 3.05) is 14.2 Å². The minimum atomic E-state index is -0.335. The van der Waals surface area contributed by atoms with Gasteiger partial charge in [-0.3, -0.25) is 13.8 Å². The normalized spacial score (nSPS) is 11.3. The van der Waals surface area contributed by atoms with Crippen molar-refractivity contribution in [2.45, 2.75) is 17.5 Å². The van der Waals surface area contributed by atoms with Crippen LogP contribution in [0.15, 0.2) is 76.7 Å². The maximum atomic E-state index is 13.8. The zero-order valence-corrected chi connectivity index (χ0v) is 19.4. The van der Waals surface area contributed by atoms with Gasteiger partial charge in [0.05, 0.1) is 31.7 Å².